The normalized spacial score (nSPS) is 16.2. The third kappa shape index (κ3) is 6.09. The van der Waals surface area contributed by atoms with Crippen LogP contribution in [0.2, 0.25) is 0 Å². The Hall–Kier alpha value is -3.29. The fourth-order valence-corrected chi connectivity index (χ4v) is 4.77. The molecule has 1 aliphatic carbocycles. The van der Waals surface area contributed by atoms with Gasteiger partial charge in [-0.15, -0.1) is 5.53 Å². The van der Waals surface area contributed by atoms with Gasteiger partial charge in [0.2, 0.25) is 0 Å². The molecule has 7 nitrogen and oxygen atoms in total. The lowest BCUT2D eigenvalue weighted by Crippen LogP contribution is -2.32. The van der Waals surface area contributed by atoms with E-state index in [0.29, 0.717) is 38.9 Å². The van der Waals surface area contributed by atoms with E-state index in [0.717, 1.165) is 33.6 Å². The summed E-state index contributed by atoms with van der Waals surface area (Å²) < 4.78 is 5.50. The lowest BCUT2D eigenvalue weighted by Gasteiger charge is -2.24. The van der Waals surface area contributed by atoms with Crippen LogP contribution >= 0.6 is 0 Å². The molecule has 190 valence electrons. The molecule has 0 radical (unpaired) electrons. The first-order chi connectivity index (χ1) is 17.5. The van der Waals surface area contributed by atoms with E-state index in [1.54, 1.807) is 0 Å². The van der Waals surface area contributed by atoms with Crippen molar-refractivity contribution in [2.24, 2.45) is 5.92 Å². The first-order valence-corrected chi connectivity index (χ1v) is 12.8. The van der Waals surface area contributed by atoms with Gasteiger partial charge in [0.1, 0.15) is 17.3 Å². The summed E-state index contributed by atoms with van der Waals surface area (Å²) in [6.07, 6.45) is 2.44. The van der Waals surface area contributed by atoms with Gasteiger partial charge < -0.3 is 15.6 Å². The van der Waals surface area contributed by atoms with E-state index in [4.69, 9.17) is 4.74 Å². The molecule has 2 aromatic rings. The highest BCUT2D eigenvalue weighted by molar-refractivity contribution is 5.96. The summed E-state index contributed by atoms with van der Waals surface area (Å²) >= 11 is 0. The number of hydrogen-bond donors (Lipinski definition) is 3. The molecule has 1 atom stereocenters. The summed E-state index contributed by atoms with van der Waals surface area (Å²) in [6.45, 7) is 4.60. The summed E-state index contributed by atoms with van der Waals surface area (Å²) in [5.41, 5.74) is 15.4. The molecule has 0 fully saturated rings. The van der Waals surface area contributed by atoms with Gasteiger partial charge in [-0.05, 0) is 24.0 Å². The van der Waals surface area contributed by atoms with E-state index in [1.807, 2.05) is 50.2 Å². The monoisotopic (exact) mass is 489 g/mol. The predicted octanol–water partition coefficient (Wildman–Crippen LogP) is 4.09. The molecule has 0 amide bonds. The van der Waals surface area contributed by atoms with Crippen LogP contribution in [0.3, 0.4) is 0 Å². The summed E-state index contributed by atoms with van der Waals surface area (Å²) in [7, 11) is 0. The maximum absolute atomic E-state index is 13.5. The van der Waals surface area contributed by atoms with Crippen molar-refractivity contribution in [3.8, 4) is 0 Å². The maximum Gasteiger partial charge on any atom is 0.141 e. The molecule has 4 rings (SSSR count). The van der Waals surface area contributed by atoms with Crippen molar-refractivity contribution in [1.29, 1.82) is 0 Å². The molecule has 7 heteroatoms. The van der Waals surface area contributed by atoms with E-state index in [-0.39, 0.29) is 42.0 Å². The first kappa shape index (κ1) is 25.8. The van der Waals surface area contributed by atoms with Crippen LogP contribution in [0.1, 0.15) is 74.1 Å². The Morgan fingerprint density at radius 3 is 2.33 bits per heavy atom. The molecule has 0 saturated carbocycles. The standard InChI is InChI=1S/C29H35N3O4/c1-19(2)26(34)15-17-36-16-7-9-21(33)13-14-27(35)25-18-20-8-3-4-10-22(20)28-29(31-32-30-28)24-12-6-5-11-23(24)25/h3-6,8,10-12,19,25,30-32H,7,9,13-18H2,1-2H3. The molecule has 36 heavy (non-hydrogen) atoms. The topological polar surface area (TPSA) is 96.5 Å². The third-order valence-corrected chi connectivity index (χ3v) is 6.86. The maximum atomic E-state index is 13.5. The van der Waals surface area contributed by atoms with Gasteiger partial charge in [0.15, 0.2) is 0 Å². The van der Waals surface area contributed by atoms with Crippen LogP contribution in [0, 0.1) is 5.92 Å². The minimum atomic E-state index is -0.326. The second kappa shape index (κ2) is 12.1. The van der Waals surface area contributed by atoms with Crippen LogP contribution in [0.4, 0.5) is 0 Å². The highest BCUT2D eigenvalue weighted by Gasteiger charge is 2.31. The Morgan fingerprint density at radius 1 is 0.861 bits per heavy atom. The van der Waals surface area contributed by atoms with Crippen LogP contribution in [0.5, 0.6) is 0 Å². The number of fused-ring (bicyclic) bond motifs is 4. The lowest BCUT2D eigenvalue weighted by atomic mass is 9.80. The van der Waals surface area contributed by atoms with E-state index in [2.05, 4.69) is 28.5 Å². The molecule has 1 aliphatic heterocycles. The fraction of sp³-hybridized carbons (Fsp3) is 0.414. The second-order valence-electron chi connectivity index (χ2n) is 9.72. The molecule has 3 N–H and O–H groups in total. The molecular formula is C29H35N3O4. The van der Waals surface area contributed by atoms with Crippen molar-refractivity contribution >= 4 is 28.7 Å². The van der Waals surface area contributed by atoms with Gasteiger partial charge in [-0.25, -0.2) is 0 Å². The van der Waals surface area contributed by atoms with E-state index in [1.165, 1.54) is 0 Å². The smallest absolute Gasteiger partial charge is 0.141 e. The van der Waals surface area contributed by atoms with Crippen molar-refractivity contribution in [3.05, 3.63) is 70.8 Å². The minimum Gasteiger partial charge on any atom is -0.381 e. The molecule has 0 spiro atoms. The molecule has 1 heterocycles. The summed E-state index contributed by atoms with van der Waals surface area (Å²) in [5, 5.41) is 0. The van der Waals surface area contributed by atoms with Crippen molar-refractivity contribution in [3.63, 3.8) is 0 Å². The average molecular weight is 490 g/mol. The predicted molar refractivity (Wildman–Crippen MR) is 139 cm³/mol. The van der Waals surface area contributed by atoms with Gasteiger partial charge in [-0.3, -0.25) is 14.4 Å². The minimum absolute atomic E-state index is 0.0209. The number of hydrazine groups is 2. The van der Waals surface area contributed by atoms with Crippen LogP contribution < -0.4 is 16.4 Å². The quantitative estimate of drug-likeness (QED) is 0.386. The zero-order valence-corrected chi connectivity index (χ0v) is 21.1. The van der Waals surface area contributed by atoms with Crippen LogP contribution in [0.25, 0.3) is 11.4 Å². The molecule has 0 bridgehead atoms. The number of hydrogen-bond acceptors (Lipinski definition) is 7. The molecular weight excluding hydrogens is 454 g/mol. The largest absolute Gasteiger partial charge is 0.381 e. The summed E-state index contributed by atoms with van der Waals surface area (Å²) in [6, 6.07) is 16.1. The van der Waals surface area contributed by atoms with E-state index >= 15 is 0 Å². The summed E-state index contributed by atoms with van der Waals surface area (Å²) in [5.74, 6) is 0.0327. The Balaban J connectivity index is 1.37. The number of carbonyl (C=O) groups excluding carboxylic acids is 3. The fourth-order valence-electron chi connectivity index (χ4n) is 4.77. The molecule has 1 unspecified atom stereocenters. The van der Waals surface area contributed by atoms with Gasteiger partial charge in [0, 0.05) is 55.3 Å². The number of ketones is 3. The van der Waals surface area contributed by atoms with Crippen LogP contribution in [-0.2, 0) is 25.5 Å². The number of rotatable bonds is 12. The molecule has 0 saturated heterocycles. The lowest BCUT2D eigenvalue weighted by molar-refractivity contribution is -0.125. The Kier molecular flexibility index (Phi) is 8.67. The Labute approximate surface area is 212 Å². The first-order valence-electron chi connectivity index (χ1n) is 12.8. The SMILES string of the molecule is CC(C)C(=O)CCOCCCC(=O)CCC(=O)C1Cc2ccccc2C2=C(NNN2)c2ccccc21. The zero-order chi connectivity index (χ0) is 25.5. The number of carbonyl (C=O) groups is 3. The molecule has 2 aliphatic rings. The van der Waals surface area contributed by atoms with Gasteiger partial charge >= 0.3 is 0 Å². The van der Waals surface area contributed by atoms with Crippen LogP contribution in [0.15, 0.2) is 48.5 Å². The Bertz CT molecular complexity index is 1150. The van der Waals surface area contributed by atoms with Gasteiger partial charge in [-0.2, -0.15) is 0 Å². The number of ether oxygens (including phenoxy) is 1. The molecule has 0 aromatic heterocycles. The van der Waals surface area contributed by atoms with E-state index in [9.17, 15) is 14.4 Å². The van der Waals surface area contributed by atoms with Crippen molar-refractivity contribution in [1.82, 2.24) is 16.4 Å². The van der Waals surface area contributed by atoms with Gasteiger partial charge in [-0.1, -0.05) is 62.4 Å². The van der Waals surface area contributed by atoms with Gasteiger partial charge in [0.25, 0.3) is 0 Å². The average Bonchev–Trinajstić information content (AvgIpc) is 3.36. The number of Topliss-reactive ketones (excluding diaryl/α,β-unsaturated/α-hetero) is 3. The van der Waals surface area contributed by atoms with Crippen LogP contribution in [-0.4, -0.2) is 30.6 Å². The van der Waals surface area contributed by atoms with Crippen molar-refractivity contribution < 1.29 is 19.1 Å². The molecule has 2 aromatic carbocycles. The number of benzene rings is 2. The zero-order valence-electron chi connectivity index (χ0n) is 21.1. The van der Waals surface area contributed by atoms with Crippen molar-refractivity contribution in [2.75, 3.05) is 13.2 Å². The summed E-state index contributed by atoms with van der Waals surface area (Å²) in [4.78, 5) is 37.6. The number of nitrogens with one attached hydrogen (secondary N) is 3. The Morgan fingerprint density at radius 2 is 1.56 bits per heavy atom. The highest BCUT2D eigenvalue weighted by atomic mass is 16.5. The third-order valence-electron chi connectivity index (χ3n) is 6.86. The van der Waals surface area contributed by atoms with Gasteiger partial charge in [0.05, 0.1) is 18.0 Å². The van der Waals surface area contributed by atoms with Crippen molar-refractivity contribution in [2.45, 2.75) is 58.3 Å². The van der Waals surface area contributed by atoms with E-state index < -0.39 is 0 Å². The highest BCUT2D eigenvalue weighted by Crippen LogP contribution is 2.37. The second-order valence-corrected chi connectivity index (χ2v) is 9.72.